The molecule has 346 valence electrons. The number of hydrogen-bond acceptors (Lipinski definition) is 2. The summed E-state index contributed by atoms with van der Waals surface area (Å²) < 4.78 is 12.8. The van der Waals surface area contributed by atoms with Crippen LogP contribution >= 0.6 is 0 Å². The van der Waals surface area contributed by atoms with Gasteiger partial charge >= 0.3 is 6.85 Å². The number of furan rings is 1. The summed E-state index contributed by atoms with van der Waals surface area (Å²) in [5, 5.41) is 6.28. The van der Waals surface area contributed by atoms with Gasteiger partial charge in [0.25, 0.3) is 0 Å². The van der Waals surface area contributed by atoms with Crippen molar-refractivity contribution in [1.82, 2.24) is 9.13 Å². The van der Waals surface area contributed by atoms with Gasteiger partial charge in [0.1, 0.15) is 5.58 Å². The van der Waals surface area contributed by atoms with E-state index in [1.165, 1.54) is 99.0 Å². The molecule has 7 aromatic carbocycles. The second-order valence-corrected chi connectivity index (χ2v) is 25.5. The van der Waals surface area contributed by atoms with Gasteiger partial charge in [-0.1, -0.05) is 171 Å². The summed E-state index contributed by atoms with van der Waals surface area (Å²) in [6.07, 6.45) is 0. The summed E-state index contributed by atoms with van der Waals surface area (Å²) >= 11 is 0. The second kappa shape index (κ2) is 14.1. The van der Waals surface area contributed by atoms with Crippen molar-refractivity contribution < 1.29 is 4.42 Å². The molecule has 0 fully saturated rings. The van der Waals surface area contributed by atoms with Gasteiger partial charge in [-0.05, 0) is 121 Å². The quantitative estimate of drug-likeness (QED) is 0.162. The van der Waals surface area contributed by atoms with E-state index in [4.69, 9.17) is 4.42 Å². The van der Waals surface area contributed by atoms with Crippen LogP contribution < -0.4 is 15.7 Å². The second-order valence-electron chi connectivity index (χ2n) is 25.5. The minimum atomic E-state index is -0.182. The monoisotopic (exact) mass is 904 g/mol. The lowest BCUT2D eigenvalue weighted by molar-refractivity contribution is 0.553. The fourth-order valence-electron chi connectivity index (χ4n) is 11.7. The van der Waals surface area contributed by atoms with Gasteiger partial charge in [-0.3, -0.25) is 0 Å². The molecule has 0 unspecified atom stereocenters. The largest absolute Gasteiger partial charge is 0.454 e. The molecule has 4 nitrogen and oxygen atoms in total. The lowest BCUT2D eigenvalue weighted by Gasteiger charge is -2.41. The molecular formula is C64H66BN3O. The lowest BCUT2D eigenvalue weighted by atomic mass is 9.44. The Morgan fingerprint density at radius 2 is 1.03 bits per heavy atom. The number of hydrogen-bond donors (Lipinski definition) is 0. The zero-order chi connectivity index (χ0) is 48.6. The maximum atomic E-state index is 7.62. The van der Waals surface area contributed by atoms with E-state index in [-0.39, 0.29) is 33.9 Å². The summed E-state index contributed by atoms with van der Waals surface area (Å²) in [5.41, 5.74) is 20.5. The molecule has 0 N–H and O–H groups in total. The molecule has 0 saturated heterocycles. The Balaban J connectivity index is 1.34. The highest BCUT2D eigenvalue weighted by molar-refractivity contribution is 6.94. The SMILES string of the molecule is CC(C)(C)c1ccc(N2B3c4c(cc(C(C)(C)C)cc4-n4c5ccc(C(C)(C)C)cc5c5c4c3cc3c4ccccc4n(-c4ccccc4)c35)-c3oc4c(C(C)(C)C)cc(C(C)(C)C)cc4c32)cc1. The van der Waals surface area contributed by atoms with Crippen molar-refractivity contribution in [3.8, 4) is 22.7 Å². The van der Waals surface area contributed by atoms with E-state index in [0.717, 1.165) is 28.4 Å². The zero-order valence-corrected chi connectivity index (χ0v) is 43.5. The molecule has 5 heteroatoms. The molecule has 12 rings (SSSR count). The van der Waals surface area contributed by atoms with Gasteiger partial charge in [0, 0.05) is 55.1 Å². The molecule has 5 heterocycles. The first-order valence-corrected chi connectivity index (χ1v) is 25.2. The Hall–Kier alpha value is -6.46. The first-order chi connectivity index (χ1) is 32.4. The van der Waals surface area contributed by atoms with Gasteiger partial charge in [0.15, 0.2) is 5.76 Å². The zero-order valence-electron chi connectivity index (χ0n) is 43.5. The van der Waals surface area contributed by atoms with Crippen molar-refractivity contribution in [1.29, 1.82) is 0 Å². The molecule has 10 aromatic rings. The fraction of sp³-hybridized carbons (Fsp3) is 0.312. The smallest absolute Gasteiger partial charge is 0.333 e. The summed E-state index contributed by atoms with van der Waals surface area (Å²) in [7, 11) is 0. The van der Waals surface area contributed by atoms with Crippen LogP contribution in [0.1, 0.15) is 132 Å². The Morgan fingerprint density at radius 3 is 1.68 bits per heavy atom. The van der Waals surface area contributed by atoms with Crippen molar-refractivity contribution in [2.75, 3.05) is 4.81 Å². The molecule has 0 atom stereocenters. The van der Waals surface area contributed by atoms with Crippen molar-refractivity contribution in [3.05, 3.63) is 155 Å². The van der Waals surface area contributed by atoms with E-state index < -0.39 is 0 Å². The molecule has 2 aliphatic heterocycles. The highest BCUT2D eigenvalue weighted by Crippen LogP contribution is 2.53. The molecular weight excluding hydrogens is 838 g/mol. The van der Waals surface area contributed by atoms with E-state index in [9.17, 15) is 0 Å². The van der Waals surface area contributed by atoms with Gasteiger partial charge in [-0.2, -0.15) is 0 Å². The van der Waals surface area contributed by atoms with Gasteiger partial charge in [0.2, 0.25) is 0 Å². The van der Waals surface area contributed by atoms with Crippen LogP contribution in [-0.4, -0.2) is 16.0 Å². The number of anilines is 2. The Morgan fingerprint density at radius 1 is 0.435 bits per heavy atom. The van der Waals surface area contributed by atoms with Crippen molar-refractivity contribution in [2.24, 2.45) is 0 Å². The van der Waals surface area contributed by atoms with Crippen molar-refractivity contribution in [3.63, 3.8) is 0 Å². The van der Waals surface area contributed by atoms with E-state index in [1.54, 1.807) is 0 Å². The first-order valence-electron chi connectivity index (χ1n) is 25.2. The molecule has 3 aromatic heterocycles. The Bertz CT molecular complexity index is 3790. The molecule has 69 heavy (non-hydrogen) atoms. The third kappa shape index (κ3) is 6.34. The van der Waals surface area contributed by atoms with Crippen LogP contribution in [0.3, 0.4) is 0 Å². The van der Waals surface area contributed by atoms with E-state index in [0.29, 0.717) is 0 Å². The number of rotatable bonds is 2. The summed E-state index contributed by atoms with van der Waals surface area (Å²) in [5.74, 6) is 0.952. The number of fused-ring (bicyclic) bond motifs is 13. The van der Waals surface area contributed by atoms with Crippen LogP contribution in [0.4, 0.5) is 11.4 Å². The Labute approximate surface area is 409 Å². The summed E-state index contributed by atoms with van der Waals surface area (Å²) in [6, 6.07) is 49.3. The molecule has 2 aliphatic rings. The molecule has 0 bridgehead atoms. The van der Waals surface area contributed by atoms with Gasteiger partial charge in [-0.15, -0.1) is 0 Å². The molecule has 0 amide bonds. The van der Waals surface area contributed by atoms with Crippen molar-refractivity contribution >= 4 is 83.7 Å². The molecule has 0 radical (unpaired) electrons. The first kappa shape index (κ1) is 43.8. The van der Waals surface area contributed by atoms with Crippen LogP contribution in [0.5, 0.6) is 0 Å². The summed E-state index contributed by atoms with van der Waals surface area (Å²) in [6.45, 7) is 34.9. The predicted octanol–water partition coefficient (Wildman–Crippen LogP) is 16.4. The average Bonchev–Trinajstić information content (AvgIpc) is 3.94. The topological polar surface area (TPSA) is 26.2 Å². The number of benzene rings is 7. The number of nitrogens with zero attached hydrogens (tertiary/aromatic N) is 3. The highest BCUT2D eigenvalue weighted by Gasteiger charge is 2.48. The van der Waals surface area contributed by atoms with E-state index >= 15 is 0 Å². The Kier molecular flexibility index (Phi) is 8.94. The van der Waals surface area contributed by atoms with Crippen LogP contribution in [0.2, 0.25) is 0 Å². The minimum absolute atomic E-state index is 0.00210. The molecule has 0 saturated carbocycles. The van der Waals surface area contributed by atoms with Crippen LogP contribution in [0, 0.1) is 0 Å². The third-order valence-electron chi connectivity index (χ3n) is 15.6. The van der Waals surface area contributed by atoms with Gasteiger partial charge in [0.05, 0.1) is 27.8 Å². The van der Waals surface area contributed by atoms with Gasteiger partial charge < -0.3 is 18.4 Å². The maximum absolute atomic E-state index is 7.62. The lowest BCUT2D eigenvalue weighted by Crippen LogP contribution is -2.60. The standard InChI is InChI=1S/C64H66BN3O/c1-60(2,3)37-25-28-42(29-26-37)68-56-47-33-39(62(7,8)9)34-48(64(13,14)15)58(47)69-59(56)46-32-40(63(10,11)12)35-52-54(46)65(68)49-36-44-43-23-19-20-24-50(43)66(41-21-17-16-18-22-41)55(44)53-45-31-38(61(4,5)6)27-30-51(45)67(52)57(49)53/h16-36H,1-15H3. The van der Waals surface area contributed by atoms with Crippen molar-refractivity contribution in [2.45, 2.75) is 131 Å². The molecule has 0 aliphatic carbocycles. The normalized spacial score (nSPS) is 14.2. The maximum Gasteiger partial charge on any atom is 0.333 e. The molecule has 0 spiro atoms. The van der Waals surface area contributed by atoms with E-state index in [2.05, 4.69) is 245 Å². The predicted molar refractivity (Wildman–Crippen MR) is 297 cm³/mol. The van der Waals surface area contributed by atoms with E-state index in [1.807, 2.05) is 0 Å². The minimum Gasteiger partial charge on any atom is -0.454 e. The fourth-order valence-corrected chi connectivity index (χ4v) is 11.7. The van der Waals surface area contributed by atoms with Crippen LogP contribution in [0.25, 0.3) is 77.3 Å². The average molecular weight is 904 g/mol. The summed E-state index contributed by atoms with van der Waals surface area (Å²) in [4.78, 5) is 2.69. The van der Waals surface area contributed by atoms with Gasteiger partial charge in [-0.25, -0.2) is 0 Å². The van der Waals surface area contributed by atoms with Crippen LogP contribution in [0.15, 0.2) is 132 Å². The number of aromatic nitrogens is 2. The van der Waals surface area contributed by atoms with Crippen LogP contribution in [-0.2, 0) is 27.1 Å². The third-order valence-corrected chi connectivity index (χ3v) is 15.6. The number of para-hydroxylation sites is 2. The highest BCUT2D eigenvalue weighted by atomic mass is 16.3.